The van der Waals surface area contributed by atoms with Crippen LogP contribution in [-0.2, 0) is 18.3 Å². The van der Waals surface area contributed by atoms with Gasteiger partial charge >= 0.3 is 30.2 Å². The van der Waals surface area contributed by atoms with Gasteiger partial charge < -0.3 is 12.4 Å². The quantitative estimate of drug-likeness (QED) is 0.332. The Hall–Kier alpha value is 0.913. The van der Waals surface area contributed by atoms with Crippen molar-refractivity contribution in [1.82, 2.24) is 0 Å². The van der Waals surface area contributed by atoms with Gasteiger partial charge in [-0.05, 0) is 0 Å². The summed E-state index contributed by atoms with van der Waals surface area (Å²) in [6, 6.07) is 0. The maximum Gasteiger partial charge on any atom is -1.00 e. The van der Waals surface area contributed by atoms with Crippen molar-refractivity contribution in [2.24, 2.45) is 0 Å². The van der Waals surface area contributed by atoms with Crippen molar-refractivity contribution in [3.63, 3.8) is 0 Å². The van der Waals surface area contributed by atoms with Crippen LogP contribution in [0.3, 0.4) is 0 Å². The summed E-state index contributed by atoms with van der Waals surface area (Å²) in [5.41, 5.74) is 0. The van der Waals surface area contributed by atoms with E-state index in [9.17, 15) is 0 Å². The predicted octanol–water partition coefficient (Wildman–Crippen LogP) is -2.02. The van der Waals surface area contributed by atoms with E-state index in [1.807, 2.05) is 0 Å². The molecule has 0 bridgehead atoms. The van der Waals surface area contributed by atoms with E-state index in [0.29, 0.717) is 0 Å². The molecule has 2 heteroatoms. The average molecular weight is 130 g/mol. The first-order valence-corrected chi connectivity index (χ1v) is 3.31. The van der Waals surface area contributed by atoms with Crippen LogP contribution in [0.15, 0.2) is 0 Å². The molecule has 0 amide bonds. The summed E-state index contributed by atoms with van der Waals surface area (Å²) in [5, 5.41) is 1.38. The van der Waals surface area contributed by atoms with Gasteiger partial charge in [0.25, 0.3) is 0 Å². The molecule has 0 unspecified atom stereocenters. The molecular weight excluding hydrogens is 125 g/mol. The molecule has 0 aliphatic rings. The maximum absolute atomic E-state index is 2.18. The first kappa shape index (κ1) is 8.87. The molecule has 0 heterocycles. The van der Waals surface area contributed by atoms with Gasteiger partial charge in [0.2, 0.25) is 0 Å². The molecule has 0 aliphatic heterocycles. The monoisotopic (exact) mass is 128 g/mol. The van der Waals surface area contributed by atoms with Gasteiger partial charge in [-0.2, -0.15) is 0 Å². The smallest absolute Gasteiger partial charge is 1.00 e. The van der Waals surface area contributed by atoms with Gasteiger partial charge in [-0.3, -0.25) is 0 Å². The van der Waals surface area contributed by atoms with Crippen LogP contribution in [0.25, 0.3) is 0 Å². The van der Waals surface area contributed by atoms with Crippen LogP contribution in [0, 0.1) is 0 Å². The molecule has 0 aromatic rings. The summed E-state index contributed by atoms with van der Waals surface area (Å²) in [6.45, 7) is 2.18. The van der Waals surface area contributed by atoms with Gasteiger partial charge in [-0.15, -0.1) is 0 Å². The van der Waals surface area contributed by atoms with Crippen LogP contribution >= 0.6 is 0 Å². The molecule has 0 aromatic heterocycles. The van der Waals surface area contributed by atoms with Crippen LogP contribution < -0.4 is 12.4 Å². The van der Waals surface area contributed by atoms with Crippen molar-refractivity contribution in [2.45, 2.75) is 11.9 Å². The fourth-order valence-corrected chi connectivity index (χ4v) is 0. The molecular formula is C2H5ClZn. The summed E-state index contributed by atoms with van der Waals surface area (Å²) < 4.78 is 0. The number of hydrogen-bond acceptors (Lipinski definition) is 0. The van der Waals surface area contributed by atoms with Gasteiger partial charge in [-0.1, -0.05) is 0 Å². The zero-order valence-electron chi connectivity index (χ0n) is 2.79. The maximum atomic E-state index is 2.18. The normalized spacial score (nSPS) is 4.75. The summed E-state index contributed by atoms with van der Waals surface area (Å²) in [5.74, 6) is 0. The molecule has 0 rings (SSSR count). The van der Waals surface area contributed by atoms with Crippen molar-refractivity contribution in [3.8, 4) is 0 Å². The fourth-order valence-electron chi connectivity index (χ4n) is 0. The van der Waals surface area contributed by atoms with Crippen molar-refractivity contribution >= 4 is 0 Å². The van der Waals surface area contributed by atoms with E-state index >= 15 is 0 Å². The standard InChI is InChI=1S/C2H5.ClH.Zn/c1-2;;/h1H2,2H3;1H;/q;;+1/p-1. The minimum absolute atomic E-state index is 0. The molecule has 0 aliphatic carbocycles. The summed E-state index contributed by atoms with van der Waals surface area (Å²) in [4.78, 5) is 0. The van der Waals surface area contributed by atoms with Gasteiger partial charge in [0.05, 0.1) is 0 Å². The molecule has 0 fully saturated rings. The molecule has 0 aromatic carbocycles. The molecule has 0 N–H and O–H groups in total. The van der Waals surface area contributed by atoms with Crippen LogP contribution in [0.4, 0.5) is 0 Å². The third-order valence-electron chi connectivity index (χ3n) is 0. The Kier molecular flexibility index (Phi) is 20.1. The Bertz CT molecular complexity index is 6.00. The minimum Gasteiger partial charge on any atom is -1.00 e. The van der Waals surface area contributed by atoms with E-state index in [0.717, 1.165) is 0 Å². The van der Waals surface area contributed by atoms with E-state index < -0.39 is 0 Å². The molecule has 22 valence electrons. The van der Waals surface area contributed by atoms with Crippen LogP contribution in [0.5, 0.6) is 0 Å². The van der Waals surface area contributed by atoms with Gasteiger partial charge in [0.15, 0.2) is 0 Å². The second-order valence-corrected chi connectivity index (χ2v) is 2.60. The van der Waals surface area contributed by atoms with Crippen molar-refractivity contribution in [1.29, 1.82) is 0 Å². The first-order chi connectivity index (χ1) is 1.41. The van der Waals surface area contributed by atoms with Crippen LogP contribution in [0.2, 0.25) is 5.02 Å². The minimum atomic E-state index is 0. The van der Waals surface area contributed by atoms with Gasteiger partial charge in [0.1, 0.15) is 0 Å². The topological polar surface area (TPSA) is 0 Å². The zero-order chi connectivity index (χ0) is 2.71. The Balaban J connectivity index is 0. The first-order valence-electron chi connectivity index (χ1n) is 1.21. The van der Waals surface area contributed by atoms with Gasteiger partial charge in [-0.25, -0.2) is 0 Å². The number of hydrogen-bond donors (Lipinski definition) is 0. The van der Waals surface area contributed by atoms with E-state index in [4.69, 9.17) is 0 Å². The average Bonchev–Trinajstić information content (AvgIpc) is 0.918. The van der Waals surface area contributed by atoms with E-state index in [-0.39, 0.29) is 12.4 Å². The third kappa shape index (κ3) is 12.8. The second-order valence-electron chi connectivity index (χ2n) is 0.500. The van der Waals surface area contributed by atoms with E-state index in [2.05, 4.69) is 6.92 Å². The molecule has 0 atom stereocenters. The largest absolute Gasteiger partial charge is 1.00 e. The van der Waals surface area contributed by atoms with Crippen molar-refractivity contribution in [2.75, 3.05) is 0 Å². The Morgan fingerprint density at radius 1 is 1.75 bits per heavy atom. The van der Waals surface area contributed by atoms with Gasteiger partial charge in [0, 0.05) is 0 Å². The number of rotatable bonds is 0. The van der Waals surface area contributed by atoms with Crippen molar-refractivity contribution in [3.05, 3.63) is 0 Å². The molecule has 4 heavy (non-hydrogen) atoms. The molecule has 0 spiro atoms. The second kappa shape index (κ2) is 9.07. The summed E-state index contributed by atoms with van der Waals surface area (Å²) in [6.07, 6.45) is 0. The van der Waals surface area contributed by atoms with E-state index in [1.54, 1.807) is 0 Å². The SMILES string of the molecule is C[CH2][Zn+].[Cl-]. The molecule has 0 saturated heterocycles. The molecule has 0 nitrogen and oxygen atoms in total. The summed E-state index contributed by atoms with van der Waals surface area (Å²) in [7, 11) is 0. The third-order valence-corrected chi connectivity index (χ3v) is 0. The number of halogens is 1. The Labute approximate surface area is 43.1 Å². The predicted molar refractivity (Wildman–Crippen MR) is 10.5 cm³/mol. The fraction of sp³-hybridized carbons (Fsp3) is 1.00. The van der Waals surface area contributed by atoms with E-state index in [1.165, 1.54) is 23.3 Å². The van der Waals surface area contributed by atoms with Crippen LogP contribution in [0.1, 0.15) is 6.92 Å². The van der Waals surface area contributed by atoms with Crippen molar-refractivity contribution < 1.29 is 30.7 Å². The summed E-state index contributed by atoms with van der Waals surface area (Å²) >= 11 is 1.44. The van der Waals surface area contributed by atoms with Crippen LogP contribution in [-0.4, -0.2) is 0 Å². The molecule has 0 saturated carbocycles. The Morgan fingerprint density at radius 3 is 1.75 bits per heavy atom. The molecule has 0 radical (unpaired) electrons. The Morgan fingerprint density at radius 2 is 1.75 bits per heavy atom. The zero-order valence-corrected chi connectivity index (χ0v) is 6.52.